The Bertz CT molecular complexity index is 579. The third-order valence-electron chi connectivity index (χ3n) is 6.79. The molecule has 0 aliphatic heterocycles. The largest absolute Gasteiger partial charge is 0.508 e. The van der Waals surface area contributed by atoms with E-state index in [1.165, 1.54) is 30.4 Å². The van der Waals surface area contributed by atoms with Crippen LogP contribution < -0.4 is 0 Å². The predicted molar refractivity (Wildman–Crippen MR) is 83.5 cm³/mol. The van der Waals surface area contributed by atoms with Crippen LogP contribution in [0.25, 0.3) is 0 Å². The molecule has 0 radical (unpaired) electrons. The molecule has 2 fully saturated rings. The van der Waals surface area contributed by atoms with Crippen LogP contribution in [0.1, 0.15) is 61.6 Å². The van der Waals surface area contributed by atoms with Crippen molar-refractivity contribution in [2.24, 2.45) is 17.3 Å². The van der Waals surface area contributed by atoms with E-state index in [-0.39, 0.29) is 6.10 Å². The predicted octanol–water partition coefficient (Wildman–Crippen LogP) is 3.92. The second-order valence-corrected chi connectivity index (χ2v) is 8.04. The molecule has 0 saturated heterocycles. The van der Waals surface area contributed by atoms with E-state index in [9.17, 15) is 10.2 Å². The highest BCUT2D eigenvalue weighted by molar-refractivity contribution is 5.45. The molecule has 21 heavy (non-hydrogen) atoms. The second-order valence-electron chi connectivity index (χ2n) is 8.04. The number of phenols is 1. The van der Waals surface area contributed by atoms with Gasteiger partial charge in [-0.2, -0.15) is 0 Å². The van der Waals surface area contributed by atoms with Crippen LogP contribution in [0.3, 0.4) is 0 Å². The number of aryl methyl sites for hydroxylation is 2. The van der Waals surface area contributed by atoms with Crippen LogP contribution in [0.15, 0.2) is 12.1 Å². The van der Waals surface area contributed by atoms with Crippen molar-refractivity contribution < 1.29 is 10.2 Å². The highest BCUT2D eigenvalue weighted by Gasteiger charge is 2.52. The van der Waals surface area contributed by atoms with Gasteiger partial charge in [0.2, 0.25) is 0 Å². The van der Waals surface area contributed by atoms with Gasteiger partial charge < -0.3 is 10.2 Å². The van der Waals surface area contributed by atoms with Crippen LogP contribution in [0.4, 0.5) is 0 Å². The molecule has 4 rings (SSSR count). The number of aliphatic hydroxyl groups is 1. The molecule has 2 nitrogen and oxygen atoms in total. The maximum Gasteiger partial charge on any atom is 0.118 e. The van der Waals surface area contributed by atoms with E-state index >= 15 is 0 Å². The lowest BCUT2D eigenvalue weighted by Gasteiger charge is -2.49. The van der Waals surface area contributed by atoms with Crippen LogP contribution in [0.2, 0.25) is 0 Å². The fourth-order valence-electron chi connectivity index (χ4n) is 5.74. The van der Waals surface area contributed by atoms with Crippen LogP contribution in [0.5, 0.6) is 5.75 Å². The summed E-state index contributed by atoms with van der Waals surface area (Å²) in [5, 5.41) is 20.1. The molecule has 114 valence electrons. The first kappa shape index (κ1) is 13.6. The third kappa shape index (κ3) is 1.95. The van der Waals surface area contributed by atoms with Gasteiger partial charge in [0.25, 0.3) is 0 Å². The van der Waals surface area contributed by atoms with E-state index in [2.05, 4.69) is 13.0 Å². The molecule has 3 aliphatic rings. The number of hydrogen-bond acceptors (Lipinski definition) is 2. The zero-order valence-corrected chi connectivity index (χ0v) is 13.1. The van der Waals surface area contributed by atoms with E-state index in [0.29, 0.717) is 23.0 Å². The molecule has 1 aromatic carbocycles. The number of aromatic hydroxyl groups is 1. The summed E-state index contributed by atoms with van der Waals surface area (Å²) >= 11 is 0. The minimum absolute atomic E-state index is 0.0818. The fourth-order valence-corrected chi connectivity index (χ4v) is 5.74. The molecular formula is C19H26O2. The second kappa shape index (κ2) is 4.49. The van der Waals surface area contributed by atoms with Crippen molar-refractivity contribution in [3.8, 4) is 5.75 Å². The summed E-state index contributed by atoms with van der Waals surface area (Å²) < 4.78 is 0. The maximum absolute atomic E-state index is 10.2. The average Bonchev–Trinajstić information content (AvgIpc) is 2.74. The smallest absolute Gasteiger partial charge is 0.118 e. The first-order valence-corrected chi connectivity index (χ1v) is 8.48. The quantitative estimate of drug-likeness (QED) is 0.759. The molecule has 0 heterocycles. The maximum atomic E-state index is 10.2. The Morgan fingerprint density at radius 3 is 2.86 bits per heavy atom. The van der Waals surface area contributed by atoms with Gasteiger partial charge in [0.05, 0.1) is 6.10 Å². The first-order chi connectivity index (χ1) is 9.98. The minimum atomic E-state index is -0.0818. The molecule has 2 heteroatoms. The van der Waals surface area contributed by atoms with Crippen molar-refractivity contribution in [2.75, 3.05) is 0 Å². The van der Waals surface area contributed by atoms with E-state index in [0.717, 1.165) is 30.7 Å². The van der Waals surface area contributed by atoms with Gasteiger partial charge >= 0.3 is 0 Å². The lowest BCUT2D eigenvalue weighted by Crippen LogP contribution is -2.39. The van der Waals surface area contributed by atoms with Gasteiger partial charge in [-0.3, -0.25) is 0 Å². The highest BCUT2D eigenvalue weighted by Crippen LogP contribution is 2.61. The standard InChI is InChI=1S/C19H26O2/c1-11-7-16-12(8-18(11)21)3-4-15-14(16)5-6-19(2)10-13(20)9-17(15)19/h7-8,13-15,17,20-21H,3-6,9-10H2,1-2H3/t13-,14+,15-,17+,19-/m1/s1. The lowest BCUT2D eigenvalue weighted by molar-refractivity contribution is 0.0595. The zero-order chi connectivity index (χ0) is 14.8. The van der Waals surface area contributed by atoms with Crippen molar-refractivity contribution in [3.05, 3.63) is 28.8 Å². The van der Waals surface area contributed by atoms with E-state index in [1.807, 2.05) is 13.0 Å². The Balaban J connectivity index is 1.73. The molecule has 0 amide bonds. The molecule has 0 spiro atoms. The Morgan fingerprint density at radius 2 is 2.05 bits per heavy atom. The SMILES string of the molecule is Cc1cc2c(cc1O)CC[C@@H]1[C@@H]2CC[C@]2(C)C[C@H](O)C[C@@H]12. The van der Waals surface area contributed by atoms with Crippen molar-refractivity contribution in [1.82, 2.24) is 0 Å². The molecule has 0 unspecified atom stereocenters. The molecule has 5 atom stereocenters. The number of rotatable bonds is 0. The fraction of sp³-hybridized carbons (Fsp3) is 0.684. The van der Waals surface area contributed by atoms with Gasteiger partial charge in [-0.15, -0.1) is 0 Å². The monoisotopic (exact) mass is 286 g/mol. The van der Waals surface area contributed by atoms with Crippen LogP contribution >= 0.6 is 0 Å². The molecule has 0 aromatic heterocycles. The zero-order valence-electron chi connectivity index (χ0n) is 13.1. The number of hydrogen-bond donors (Lipinski definition) is 2. The number of fused-ring (bicyclic) bond motifs is 5. The number of aliphatic hydroxyl groups excluding tert-OH is 1. The van der Waals surface area contributed by atoms with Gasteiger partial charge in [-0.1, -0.05) is 13.0 Å². The molecule has 2 saturated carbocycles. The molecule has 2 N–H and O–H groups in total. The Labute approximate surface area is 127 Å². The Morgan fingerprint density at radius 1 is 1.24 bits per heavy atom. The van der Waals surface area contributed by atoms with Crippen molar-refractivity contribution in [3.63, 3.8) is 0 Å². The van der Waals surface area contributed by atoms with Gasteiger partial charge in [-0.05, 0) is 91.4 Å². The normalized spacial score (nSPS) is 41.3. The molecule has 1 aromatic rings. The van der Waals surface area contributed by atoms with Crippen molar-refractivity contribution in [1.29, 1.82) is 0 Å². The van der Waals surface area contributed by atoms with E-state index in [1.54, 1.807) is 0 Å². The highest BCUT2D eigenvalue weighted by atomic mass is 16.3. The Kier molecular flexibility index (Phi) is 2.91. The van der Waals surface area contributed by atoms with Crippen LogP contribution in [-0.4, -0.2) is 16.3 Å². The molecule has 3 aliphatic carbocycles. The lowest BCUT2D eigenvalue weighted by atomic mass is 9.56. The summed E-state index contributed by atoms with van der Waals surface area (Å²) in [6.07, 6.45) is 6.74. The van der Waals surface area contributed by atoms with Gasteiger partial charge in [0.15, 0.2) is 0 Å². The van der Waals surface area contributed by atoms with E-state index < -0.39 is 0 Å². The van der Waals surface area contributed by atoms with Crippen molar-refractivity contribution >= 4 is 0 Å². The summed E-state index contributed by atoms with van der Waals surface area (Å²) in [5.74, 6) is 2.52. The van der Waals surface area contributed by atoms with Gasteiger partial charge in [0, 0.05) is 0 Å². The number of phenolic OH excluding ortho intramolecular Hbond substituents is 1. The van der Waals surface area contributed by atoms with Crippen molar-refractivity contribution in [2.45, 2.75) is 64.4 Å². The van der Waals surface area contributed by atoms with Crippen LogP contribution in [0, 0.1) is 24.2 Å². The Hall–Kier alpha value is -1.02. The summed E-state index contributed by atoms with van der Waals surface area (Å²) in [7, 11) is 0. The van der Waals surface area contributed by atoms with Crippen LogP contribution in [-0.2, 0) is 6.42 Å². The minimum Gasteiger partial charge on any atom is -0.508 e. The first-order valence-electron chi connectivity index (χ1n) is 8.48. The summed E-state index contributed by atoms with van der Waals surface area (Å²) in [4.78, 5) is 0. The van der Waals surface area contributed by atoms with Gasteiger partial charge in [0.1, 0.15) is 5.75 Å². The average molecular weight is 286 g/mol. The third-order valence-corrected chi connectivity index (χ3v) is 6.79. The summed E-state index contributed by atoms with van der Waals surface area (Å²) in [6, 6.07) is 4.23. The van der Waals surface area contributed by atoms with E-state index in [4.69, 9.17) is 0 Å². The van der Waals surface area contributed by atoms with Gasteiger partial charge in [-0.25, -0.2) is 0 Å². The topological polar surface area (TPSA) is 40.5 Å². The molecular weight excluding hydrogens is 260 g/mol. The summed E-state index contributed by atoms with van der Waals surface area (Å²) in [5.41, 5.74) is 4.23. The summed E-state index contributed by atoms with van der Waals surface area (Å²) in [6.45, 7) is 4.41. The number of benzene rings is 1. The molecule has 0 bridgehead atoms.